The van der Waals surface area contributed by atoms with Crippen LogP contribution in [0.2, 0.25) is 0 Å². The minimum Gasteiger partial charge on any atom is -0.361 e. The molecule has 0 radical (unpaired) electrons. The van der Waals surface area contributed by atoms with Gasteiger partial charge in [0.25, 0.3) is 0 Å². The number of hydrogen-bond donors (Lipinski definition) is 3. The number of benzene rings is 1. The maximum absolute atomic E-state index is 11.1. The molecule has 1 aliphatic heterocycles. The van der Waals surface area contributed by atoms with Crippen LogP contribution in [-0.4, -0.2) is 23.5 Å². The Morgan fingerprint density at radius 2 is 2.29 bits per heavy atom. The van der Waals surface area contributed by atoms with Crippen molar-refractivity contribution in [3.8, 4) is 0 Å². The predicted molar refractivity (Wildman–Crippen MR) is 66.6 cm³/mol. The Bertz CT molecular complexity index is 546. The molecule has 0 spiro atoms. The molecule has 1 fully saturated rings. The number of H-pyrrole nitrogens is 1. The van der Waals surface area contributed by atoms with E-state index in [-0.39, 0.29) is 11.9 Å². The number of rotatable bonds is 3. The van der Waals surface area contributed by atoms with E-state index < -0.39 is 0 Å². The summed E-state index contributed by atoms with van der Waals surface area (Å²) >= 11 is 0. The molecule has 3 rings (SSSR count). The van der Waals surface area contributed by atoms with Crippen LogP contribution in [0.15, 0.2) is 30.5 Å². The van der Waals surface area contributed by atoms with E-state index in [2.05, 4.69) is 33.8 Å². The van der Waals surface area contributed by atoms with Crippen LogP contribution in [0.25, 0.3) is 10.9 Å². The maximum Gasteiger partial charge on any atom is 0.221 e. The van der Waals surface area contributed by atoms with Crippen molar-refractivity contribution in [3.63, 3.8) is 0 Å². The van der Waals surface area contributed by atoms with E-state index in [0.29, 0.717) is 6.42 Å². The van der Waals surface area contributed by atoms with E-state index >= 15 is 0 Å². The number of hydrogen-bond acceptors (Lipinski definition) is 2. The summed E-state index contributed by atoms with van der Waals surface area (Å²) in [6.45, 7) is 1.54. The van der Waals surface area contributed by atoms with Crippen LogP contribution < -0.4 is 10.6 Å². The molecule has 17 heavy (non-hydrogen) atoms. The third-order valence-electron chi connectivity index (χ3n) is 3.24. The topological polar surface area (TPSA) is 56.9 Å². The van der Waals surface area contributed by atoms with Gasteiger partial charge in [-0.1, -0.05) is 12.1 Å². The van der Waals surface area contributed by atoms with Crippen LogP contribution in [0.4, 0.5) is 0 Å². The largest absolute Gasteiger partial charge is 0.361 e. The van der Waals surface area contributed by atoms with Crippen LogP contribution in [-0.2, 0) is 11.3 Å². The van der Waals surface area contributed by atoms with E-state index in [1.165, 1.54) is 10.9 Å². The Morgan fingerprint density at radius 1 is 1.35 bits per heavy atom. The fourth-order valence-corrected chi connectivity index (χ4v) is 2.31. The first-order valence-corrected chi connectivity index (χ1v) is 5.88. The second kappa shape index (κ2) is 4.22. The molecular weight excluding hydrogens is 214 g/mol. The fourth-order valence-electron chi connectivity index (χ4n) is 2.31. The van der Waals surface area contributed by atoms with E-state index in [4.69, 9.17) is 0 Å². The number of amides is 1. The average Bonchev–Trinajstić information content (AvgIpc) is 2.94. The van der Waals surface area contributed by atoms with Gasteiger partial charge in [0.2, 0.25) is 5.91 Å². The zero-order valence-corrected chi connectivity index (χ0v) is 9.49. The molecule has 3 N–H and O–H groups in total. The van der Waals surface area contributed by atoms with Gasteiger partial charge >= 0.3 is 0 Å². The second-order valence-electron chi connectivity index (χ2n) is 4.44. The lowest BCUT2D eigenvalue weighted by molar-refractivity contribution is -0.119. The first-order chi connectivity index (χ1) is 8.33. The van der Waals surface area contributed by atoms with Gasteiger partial charge in [-0.05, 0) is 17.7 Å². The third-order valence-corrected chi connectivity index (χ3v) is 3.24. The van der Waals surface area contributed by atoms with Crippen LogP contribution >= 0.6 is 0 Å². The van der Waals surface area contributed by atoms with Crippen molar-refractivity contribution in [1.29, 1.82) is 0 Å². The van der Waals surface area contributed by atoms with E-state index in [0.717, 1.165) is 18.6 Å². The Kier molecular flexibility index (Phi) is 2.57. The van der Waals surface area contributed by atoms with Crippen molar-refractivity contribution < 1.29 is 4.79 Å². The molecule has 4 nitrogen and oxygen atoms in total. The number of aromatic nitrogens is 1. The normalized spacial score (nSPS) is 19.8. The molecule has 1 atom stereocenters. The Labute approximate surface area is 99.4 Å². The molecule has 0 aliphatic carbocycles. The third kappa shape index (κ3) is 2.03. The van der Waals surface area contributed by atoms with Crippen molar-refractivity contribution in [2.24, 2.45) is 0 Å². The standard InChI is InChI=1S/C13H15N3O/c17-13-6-10(8-16-13)15-7-9-2-1-3-12-11(9)4-5-14-12/h1-5,10,14-15H,6-8H2,(H,16,17). The molecule has 1 amide bonds. The Balaban J connectivity index is 1.72. The van der Waals surface area contributed by atoms with Gasteiger partial charge in [-0.25, -0.2) is 0 Å². The molecule has 0 saturated carbocycles. The van der Waals surface area contributed by atoms with Crippen molar-refractivity contribution in [3.05, 3.63) is 36.0 Å². The highest BCUT2D eigenvalue weighted by molar-refractivity contribution is 5.83. The van der Waals surface area contributed by atoms with Gasteiger partial charge < -0.3 is 15.6 Å². The first-order valence-electron chi connectivity index (χ1n) is 5.88. The number of nitrogens with one attached hydrogen (secondary N) is 3. The molecule has 2 heterocycles. The summed E-state index contributed by atoms with van der Waals surface area (Å²) in [4.78, 5) is 14.3. The summed E-state index contributed by atoms with van der Waals surface area (Å²) in [7, 11) is 0. The van der Waals surface area contributed by atoms with Gasteiger partial charge in [-0.3, -0.25) is 4.79 Å². The number of aromatic amines is 1. The minimum atomic E-state index is 0.141. The van der Waals surface area contributed by atoms with Gasteiger partial charge in [-0.2, -0.15) is 0 Å². The summed E-state index contributed by atoms with van der Waals surface area (Å²) in [5.74, 6) is 0.141. The van der Waals surface area contributed by atoms with Gasteiger partial charge in [0, 0.05) is 42.7 Å². The summed E-state index contributed by atoms with van der Waals surface area (Å²) < 4.78 is 0. The van der Waals surface area contributed by atoms with Crippen LogP contribution in [0, 0.1) is 0 Å². The number of carbonyl (C=O) groups excluding carboxylic acids is 1. The molecule has 0 bridgehead atoms. The molecule has 1 aromatic carbocycles. The molecule has 2 aromatic rings. The maximum atomic E-state index is 11.1. The van der Waals surface area contributed by atoms with Crippen molar-refractivity contribution >= 4 is 16.8 Å². The first kappa shape index (κ1) is 10.4. The highest BCUT2D eigenvalue weighted by atomic mass is 16.1. The molecule has 1 aliphatic rings. The van der Waals surface area contributed by atoms with E-state index in [1.807, 2.05) is 12.3 Å². The highest BCUT2D eigenvalue weighted by Gasteiger charge is 2.20. The summed E-state index contributed by atoms with van der Waals surface area (Å²) in [5.41, 5.74) is 2.42. The van der Waals surface area contributed by atoms with Crippen molar-refractivity contribution in [2.45, 2.75) is 19.0 Å². The second-order valence-corrected chi connectivity index (χ2v) is 4.44. The lowest BCUT2D eigenvalue weighted by atomic mass is 10.1. The van der Waals surface area contributed by atoms with E-state index in [9.17, 15) is 4.79 Å². The summed E-state index contributed by atoms with van der Waals surface area (Å²) in [5, 5.41) is 7.49. The smallest absolute Gasteiger partial charge is 0.221 e. The van der Waals surface area contributed by atoms with Gasteiger partial charge in [0.1, 0.15) is 0 Å². The molecule has 4 heteroatoms. The fraction of sp³-hybridized carbons (Fsp3) is 0.308. The highest BCUT2D eigenvalue weighted by Crippen LogP contribution is 2.17. The lowest BCUT2D eigenvalue weighted by Crippen LogP contribution is -2.30. The van der Waals surface area contributed by atoms with E-state index in [1.54, 1.807) is 0 Å². The Hall–Kier alpha value is -1.81. The van der Waals surface area contributed by atoms with Crippen LogP contribution in [0.3, 0.4) is 0 Å². The monoisotopic (exact) mass is 229 g/mol. The quantitative estimate of drug-likeness (QED) is 0.739. The Morgan fingerprint density at radius 3 is 3.12 bits per heavy atom. The van der Waals surface area contributed by atoms with Gasteiger partial charge in [0.05, 0.1) is 0 Å². The molecule has 88 valence electrons. The van der Waals surface area contributed by atoms with Crippen molar-refractivity contribution in [2.75, 3.05) is 6.54 Å². The van der Waals surface area contributed by atoms with Gasteiger partial charge in [-0.15, -0.1) is 0 Å². The zero-order chi connectivity index (χ0) is 11.7. The molecule has 1 unspecified atom stereocenters. The molecule has 1 aromatic heterocycles. The van der Waals surface area contributed by atoms with Crippen molar-refractivity contribution in [1.82, 2.24) is 15.6 Å². The van der Waals surface area contributed by atoms with Crippen LogP contribution in [0.5, 0.6) is 0 Å². The average molecular weight is 229 g/mol. The van der Waals surface area contributed by atoms with Crippen LogP contribution in [0.1, 0.15) is 12.0 Å². The lowest BCUT2D eigenvalue weighted by Gasteiger charge is -2.10. The summed E-state index contributed by atoms with van der Waals surface area (Å²) in [6, 6.07) is 8.59. The summed E-state index contributed by atoms with van der Waals surface area (Å²) in [6.07, 6.45) is 2.54. The van der Waals surface area contributed by atoms with Gasteiger partial charge in [0.15, 0.2) is 0 Å². The zero-order valence-electron chi connectivity index (χ0n) is 9.49. The minimum absolute atomic E-state index is 0.141. The number of carbonyl (C=O) groups is 1. The SMILES string of the molecule is O=C1CC(NCc2cccc3[nH]ccc23)CN1. The number of fused-ring (bicyclic) bond motifs is 1. The molecular formula is C13H15N3O. The molecule has 1 saturated heterocycles. The predicted octanol–water partition coefficient (Wildman–Crippen LogP) is 1.15.